The van der Waals surface area contributed by atoms with Crippen LogP contribution >= 0.6 is 11.3 Å². The van der Waals surface area contributed by atoms with Crippen LogP contribution in [0.4, 0.5) is 0 Å². The molecule has 1 aliphatic heterocycles. The van der Waals surface area contributed by atoms with Gasteiger partial charge < -0.3 is 4.90 Å². The van der Waals surface area contributed by atoms with Crippen molar-refractivity contribution in [1.82, 2.24) is 14.9 Å². The predicted octanol–water partition coefficient (Wildman–Crippen LogP) is 3.36. The van der Waals surface area contributed by atoms with E-state index >= 15 is 0 Å². The summed E-state index contributed by atoms with van der Waals surface area (Å²) in [6, 6.07) is 1.92. The van der Waals surface area contributed by atoms with Crippen molar-refractivity contribution in [2.45, 2.75) is 44.9 Å². The van der Waals surface area contributed by atoms with Gasteiger partial charge in [0.15, 0.2) is 0 Å². The molecule has 1 aliphatic carbocycles. The molecule has 4 nitrogen and oxygen atoms in total. The van der Waals surface area contributed by atoms with Gasteiger partial charge in [-0.05, 0) is 50.7 Å². The fourth-order valence-electron chi connectivity index (χ4n) is 3.66. The highest BCUT2D eigenvalue weighted by atomic mass is 32.1. The first-order valence-corrected chi connectivity index (χ1v) is 9.28. The zero-order valence-corrected chi connectivity index (χ0v) is 14.2. The zero-order chi connectivity index (χ0) is 15.8. The topological polar surface area (TPSA) is 46.1 Å². The first-order valence-electron chi connectivity index (χ1n) is 8.40. The second-order valence-electron chi connectivity index (χ2n) is 6.55. The summed E-state index contributed by atoms with van der Waals surface area (Å²) in [6.45, 7) is 3.54. The number of hydrogen-bond donors (Lipinski definition) is 0. The number of likely N-dealkylation sites (tertiary alicyclic amines) is 1. The van der Waals surface area contributed by atoms with Crippen LogP contribution in [0.1, 0.15) is 57.5 Å². The molecule has 0 saturated carbocycles. The number of nitrogens with zero attached hydrogens (tertiary/aromatic N) is 3. The summed E-state index contributed by atoms with van der Waals surface area (Å²) in [5.74, 6) is 1.36. The minimum absolute atomic E-state index is 0.208. The monoisotopic (exact) mass is 327 g/mol. The Morgan fingerprint density at radius 3 is 3.09 bits per heavy atom. The van der Waals surface area contributed by atoms with E-state index in [4.69, 9.17) is 0 Å². The summed E-state index contributed by atoms with van der Waals surface area (Å²) in [4.78, 5) is 25.3. The fraction of sp³-hybridized carbons (Fsp3) is 0.500. The molecule has 0 aromatic carbocycles. The van der Waals surface area contributed by atoms with E-state index in [1.165, 1.54) is 23.3 Å². The van der Waals surface area contributed by atoms with Crippen molar-refractivity contribution in [3.05, 3.63) is 45.2 Å². The second kappa shape index (κ2) is 6.04. The van der Waals surface area contributed by atoms with Gasteiger partial charge in [-0.3, -0.25) is 4.79 Å². The number of fused-ring (bicyclic) bond motifs is 1. The van der Waals surface area contributed by atoms with Crippen LogP contribution in [-0.4, -0.2) is 33.9 Å². The number of hydrogen-bond acceptors (Lipinski definition) is 4. The summed E-state index contributed by atoms with van der Waals surface area (Å²) < 4.78 is 0. The molecule has 0 bridgehead atoms. The Hall–Kier alpha value is -1.75. The number of carbonyl (C=O) groups excluding carboxylic acids is 1. The lowest BCUT2D eigenvalue weighted by molar-refractivity contribution is 0.0790. The number of rotatable bonds is 2. The Morgan fingerprint density at radius 1 is 1.35 bits per heavy atom. The van der Waals surface area contributed by atoms with E-state index in [0.717, 1.165) is 49.4 Å². The zero-order valence-electron chi connectivity index (χ0n) is 13.4. The minimum atomic E-state index is 0.208. The molecule has 0 N–H and O–H groups in total. The number of aromatic nitrogens is 2. The predicted molar refractivity (Wildman–Crippen MR) is 91.0 cm³/mol. The van der Waals surface area contributed by atoms with Crippen molar-refractivity contribution in [3.8, 4) is 0 Å². The fourth-order valence-corrected chi connectivity index (χ4v) is 4.78. The molecule has 1 fully saturated rings. The average molecular weight is 327 g/mol. The van der Waals surface area contributed by atoms with E-state index in [2.05, 4.69) is 15.3 Å². The van der Waals surface area contributed by atoms with Crippen molar-refractivity contribution < 1.29 is 4.79 Å². The molecular weight excluding hydrogens is 306 g/mol. The molecule has 1 unspecified atom stereocenters. The molecule has 1 amide bonds. The number of aryl methyl sites for hydroxylation is 2. The van der Waals surface area contributed by atoms with Crippen molar-refractivity contribution in [2.75, 3.05) is 13.1 Å². The van der Waals surface area contributed by atoms with E-state index in [1.54, 1.807) is 11.3 Å². The Morgan fingerprint density at radius 2 is 2.22 bits per heavy atom. The molecule has 4 rings (SSSR count). The van der Waals surface area contributed by atoms with Gasteiger partial charge in [0.25, 0.3) is 5.91 Å². The molecule has 0 radical (unpaired) electrons. The van der Waals surface area contributed by atoms with Crippen LogP contribution in [0.25, 0.3) is 0 Å². The third kappa shape index (κ3) is 2.78. The van der Waals surface area contributed by atoms with Gasteiger partial charge in [0.2, 0.25) is 0 Å². The van der Waals surface area contributed by atoms with E-state index < -0.39 is 0 Å². The van der Waals surface area contributed by atoms with Crippen molar-refractivity contribution in [3.63, 3.8) is 0 Å². The van der Waals surface area contributed by atoms with Gasteiger partial charge in [-0.15, -0.1) is 11.3 Å². The molecular formula is C18H21N3OS. The Balaban J connectivity index is 1.51. The largest absolute Gasteiger partial charge is 0.338 e. The van der Waals surface area contributed by atoms with Gasteiger partial charge >= 0.3 is 0 Å². The normalized spacial score (nSPS) is 20.6. The maximum absolute atomic E-state index is 12.9. The quantitative estimate of drug-likeness (QED) is 0.850. The molecule has 2 aliphatic rings. The maximum Gasteiger partial charge on any atom is 0.255 e. The van der Waals surface area contributed by atoms with Crippen LogP contribution in [-0.2, 0) is 12.8 Å². The third-order valence-corrected chi connectivity index (χ3v) is 6.03. The third-order valence-electron chi connectivity index (χ3n) is 4.95. The second-order valence-corrected chi connectivity index (χ2v) is 7.52. The van der Waals surface area contributed by atoms with E-state index in [-0.39, 0.29) is 11.8 Å². The first-order chi connectivity index (χ1) is 11.2. The highest BCUT2D eigenvalue weighted by Gasteiger charge is 2.31. The summed E-state index contributed by atoms with van der Waals surface area (Å²) in [5, 5.41) is 2.08. The highest BCUT2D eigenvalue weighted by Crippen LogP contribution is 2.33. The summed E-state index contributed by atoms with van der Waals surface area (Å²) in [7, 11) is 0. The number of carbonyl (C=O) groups is 1. The van der Waals surface area contributed by atoms with Gasteiger partial charge in [-0.1, -0.05) is 0 Å². The van der Waals surface area contributed by atoms with Crippen LogP contribution < -0.4 is 0 Å². The number of thiophene rings is 1. The standard InChI is InChI=1S/C18H21N3OS/c1-12-6-8-19-17(20-12)13-7-9-21(10-13)18(22)15-11-23-16-5-3-2-4-14(15)16/h6,8,11,13H,2-5,7,9-10H2,1H3. The average Bonchev–Trinajstić information content (AvgIpc) is 3.22. The molecule has 23 heavy (non-hydrogen) atoms. The van der Waals surface area contributed by atoms with E-state index in [1.807, 2.05) is 24.1 Å². The molecule has 2 aromatic rings. The van der Waals surface area contributed by atoms with Crippen LogP contribution in [0.5, 0.6) is 0 Å². The molecule has 3 heterocycles. The van der Waals surface area contributed by atoms with Crippen molar-refractivity contribution in [2.24, 2.45) is 0 Å². The van der Waals surface area contributed by atoms with E-state index in [0.29, 0.717) is 0 Å². The van der Waals surface area contributed by atoms with Crippen LogP contribution in [0.15, 0.2) is 17.6 Å². The maximum atomic E-state index is 12.9. The lowest BCUT2D eigenvalue weighted by Gasteiger charge is -2.18. The van der Waals surface area contributed by atoms with Gasteiger partial charge in [0.1, 0.15) is 5.82 Å². The lowest BCUT2D eigenvalue weighted by atomic mass is 9.95. The Bertz CT molecular complexity index is 740. The number of amides is 1. The molecule has 120 valence electrons. The van der Waals surface area contributed by atoms with Crippen LogP contribution in [0.3, 0.4) is 0 Å². The highest BCUT2D eigenvalue weighted by molar-refractivity contribution is 7.10. The molecule has 5 heteroatoms. The van der Waals surface area contributed by atoms with Crippen LogP contribution in [0, 0.1) is 6.92 Å². The van der Waals surface area contributed by atoms with Crippen molar-refractivity contribution in [1.29, 1.82) is 0 Å². The minimum Gasteiger partial charge on any atom is -0.338 e. The Kier molecular flexibility index (Phi) is 3.89. The SMILES string of the molecule is Cc1ccnc(C2CCN(C(=O)c3csc4c3CCCC4)C2)n1. The first kappa shape index (κ1) is 14.8. The molecule has 2 aromatic heterocycles. The van der Waals surface area contributed by atoms with Gasteiger partial charge in [0, 0.05) is 41.2 Å². The lowest BCUT2D eigenvalue weighted by Crippen LogP contribution is -2.29. The molecule has 1 atom stereocenters. The van der Waals surface area contributed by atoms with Gasteiger partial charge in [-0.2, -0.15) is 0 Å². The van der Waals surface area contributed by atoms with Gasteiger partial charge in [0.05, 0.1) is 5.56 Å². The van der Waals surface area contributed by atoms with Crippen molar-refractivity contribution >= 4 is 17.2 Å². The molecule has 0 spiro atoms. The Labute approximate surface area is 140 Å². The van der Waals surface area contributed by atoms with Crippen LogP contribution in [0.2, 0.25) is 0 Å². The smallest absolute Gasteiger partial charge is 0.255 e. The van der Waals surface area contributed by atoms with Gasteiger partial charge in [-0.25, -0.2) is 9.97 Å². The summed E-state index contributed by atoms with van der Waals surface area (Å²) >= 11 is 1.77. The van der Waals surface area contributed by atoms with E-state index in [9.17, 15) is 4.79 Å². The molecule has 1 saturated heterocycles. The summed E-state index contributed by atoms with van der Waals surface area (Å²) in [6.07, 6.45) is 7.46. The summed E-state index contributed by atoms with van der Waals surface area (Å²) in [5.41, 5.74) is 3.27.